The fourth-order valence-electron chi connectivity index (χ4n) is 2.56. The summed E-state index contributed by atoms with van der Waals surface area (Å²) in [5.41, 5.74) is 1.63. The molecule has 0 saturated heterocycles. The largest absolute Gasteiger partial charge is 0.421 e. The number of benzene rings is 1. The predicted octanol–water partition coefficient (Wildman–Crippen LogP) is 3.48. The van der Waals surface area contributed by atoms with E-state index in [4.69, 9.17) is 0 Å². The second-order valence-corrected chi connectivity index (χ2v) is 5.27. The van der Waals surface area contributed by atoms with Gasteiger partial charge < -0.3 is 10.6 Å². The van der Waals surface area contributed by atoms with Crippen LogP contribution in [0.3, 0.4) is 0 Å². The molecule has 0 radical (unpaired) electrons. The normalized spacial score (nSPS) is 11.8. The van der Waals surface area contributed by atoms with E-state index in [-0.39, 0.29) is 11.8 Å². The Labute approximate surface area is 135 Å². The third kappa shape index (κ3) is 2.72. The molecule has 0 aliphatic rings. The lowest BCUT2D eigenvalue weighted by Crippen LogP contribution is -2.12. The third-order valence-electron chi connectivity index (χ3n) is 3.73. The molecule has 0 bridgehead atoms. The lowest BCUT2D eigenvalue weighted by molar-refractivity contribution is -0.137. The van der Waals surface area contributed by atoms with E-state index in [0.29, 0.717) is 5.69 Å². The molecule has 0 saturated carbocycles. The number of nitrogens with one attached hydrogen (secondary N) is 2. The Morgan fingerprint density at radius 2 is 1.92 bits per heavy atom. The SMILES string of the molecule is CNc1nc(Nc2ccc3cnn(C)c3c2C)ncc1C(F)(F)F. The summed E-state index contributed by atoms with van der Waals surface area (Å²) < 4.78 is 40.4. The topological polar surface area (TPSA) is 67.7 Å². The highest BCUT2D eigenvalue weighted by Gasteiger charge is 2.35. The van der Waals surface area contributed by atoms with Crippen molar-refractivity contribution >= 4 is 28.4 Å². The zero-order valence-corrected chi connectivity index (χ0v) is 13.2. The zero-order chi connectivity index (χ0) is 17.5. The second kappa shape index (κ2) is 5.66. The summed E-state index contributed by atoms with van der Waals surface area (Å²) in [7, 11) is 3.21. The fourth-order valence-corrected chi connectivity index (χ4v) is 2.56. The molecule has 1 aromatic carbocycles. The Kier molecular flexibility index (Phi) is 3.78. The highest BCUT2D eigenvalue weighted by Crippen LogP contribution is 2.34. The maximum Gasteiger partial charge on any atom is 0.421 e. The molecule has 0 amide bonds. The molecular formula is C15H15F3N6. The lowest BCUT2D eigenvalue weighted by Gasteiger charge is -2.14. The molecule has 2 aromatic heterocycles. The molecule has 9 heteroatoms. The van der Waals surface area contributed by atoms with Crippen LogP contribution in [0.1, 0.15) is 11.1 Å². The van der Waals surface area contributed by atoms with Crippen molar-refractivity contribution in [1.29, 1.82) is 0 Å². The quantitative estimate of drug-likeness (QED) is 0.766. The summed E-state index contributed by atoms with van der Waals surface area (Å²) in [4.78, 5) is 7.68. The van der Waals surface area contributed by atoms with Gasteiger partial charge in [0.2, 0.25) is 5.95 Å². The first-order valence-electron chi connectivity index (χ1n) is 7.11. The average Bonchev–Trinajstić information content (AvgIpc) is 2.91. The zero-order valence-electron chi connectivity index (χ0n) is 13.2. The van der Waals surface area contributed by atoms with Gasteiger partial charge in [0.1, 0.15) is 11.4 Å². The van der Waals surface area contributed by atoms with Crippen LogP contribution < -0.4 is 10.6 Å². The second-order valence-electron chi connectivity index (χ2n) is 5.27. The minimum Gasteiger partial charge on any atom is -0.372 e. The number of nitrogens with zero attached hydrogens (tertiary/aromatic N) is 4. The van der Waals surface area contributed by atoms with E-state index in [1.54, 1.807) is 10.9 Å². The number of anilines is 3. The highest BCUT2D eigenvalue weighted by atomic mass is 19.4. The summed E-state index contributed by atoms with van der Waals surface area (Å²) in [5, 5.41) is 10.6. The molecule has 2 N–H and O–H groups in total. The van der Waals surface area contributed by atoms with Gasteiger partial charge in [0, 0.05) is 31.4 Å². The van der Waals surface area contributed by atoms with Crippen molar-refractivity contribution in [2.24, 2.45) is 7.05 Å². The van der Waals surface area contributed by atoms with E-state index in [1.807, 2.05) is 26.1 Å². The van der Waals surface area contributed by atoms with E-state index in [0.717, 1.165) is 22.7 Å². The first kappa shape index (κ1) is 16.0. The maximum absolute atomic E-state index is 12.9. The van der Waals surface area contributed by atoms with Crippen LogP contribution >= 0.6 is 0 Å². The standard InChI is InChI=1S/C15H15F3N6/c1-8-11(5-4-9-6-21-24(3)12(8)9)22-14-20-7-10(15(16,17)18)13(19-2)23-14/h4-7H,1-3H3,(H2,19,20,22,23). The monoisotopic (exact) mass is 336 g/mol. The van der Waals surface area contributed by atoms with Crippen molar-refractivity contribution < 1.29 is 13.2 Å². The van der Waals surface area contributed by atoms with Crippen LogP contribution in [0.25, 0.3) is 10.9 Å². The van der Waals surface area contributed by atoms with Crippen molar-refractivity contribution in [1.82, 2.24) is 19.7 Å². The predicted molar refractivity (Wildman–Crippen MR) is 85.3 cm³/mol. The number of halogens is 3. The number of alkyl halides is 3. The van der Waals surface area contributed by atoms with Crippen LogP contribution in [0.15, 0.2) is 24.5 Å². The van der Waals surface area contributed by atoms with Gasteiger partial charge in [-0.05, 0) is 24.6 Å². The molecule has 3 rings (SSSR count). The molecule has 2 heterocycles. The van der Waals surface area contributed by atoms with E-state index < -0.39 is 11.7 Å². The van der Waals surface area contributed by atoms with Gasteiger partial charge in [-0.25, -0.2) is 4.98 Å². The van der Waals surface area contributed by atoms with Crippen LogP contribution in [0, 0.1) is 6.92 Å². The van der Waals surface area contributed by atoms with Crippen LogP contribution in [0.2, 0.25) is 0 Å². The fraction of sp³-hybridized carbons (Fsp3) is 0.267. The van der Waals surface area contributed by atoms with E-state index in [2.05, 4.69) is 25.7 Å². The smallest absolute Gasteiger partial charge is 0.372 e. The molecule has 24 heavy (non-hydrogen) atoms. The van der Waals surface area contributed by atoms with Crippen molar-refractivity contribution in [3.63, 3.8) is 0 Å². The summed E-state index contributed by atoms with van der Waals surface area (Å²) in [6.45, 7) is 1.90. The van der Waals surface area contributed by atoms with E-state index in [1.165, 1.54) is 7.05 Å². The molecule has 0 atom stereocenters. The molecule has 0 aliphatic carbocycles. The maximum atomic E-state index is 12.9. The number of hydrogen-bond acceptors (Lipinski definition) is 5. The van der Waals surface area contributed by atoms with Crippen LogP contribution in [-0.4, -0.2) is 26.8 Å². The average molecular weight is 336 g/mol. The highest BCUT2D eigenvalue weighted by molar-refractivity contribution is 5.87. The van der Waals surface area contributed by atoms with Crippen LogP contribution in [0.5, 0.6) is 0 Å². The summed E-state index contributed by atoms with van der Waals surface area (Å²) >= 11 is 0. The molecule has 0 aliphatic heterocycles. The van der Waals surface area contributed by atoms with Gasteiger partial charge in [0.15, 0.2) is 0 Å². The van der Waals surface area contributed by atoms with Crippen molar-refractivity contribution in [3.05, 3.63) is 35.7 Å². The number of fused-ring (bicyclic) bond motifs is 1. The summed E-state index contributed by atoms with van der Waals surface area (Å²) in [6.07, 6.45) is -2.00. The van der Waals surface area contributed by atoms with Gasteiger partial charge in [-0.2, -0.15) is 23.3 Å². The van der Waals surface area contributed by atoms with Gasteiger partial charge >= 0.3 is 6.18 Å². The Balaban J connectivity index is 2.00. The van der Waals surface area contributed by atoms with Gasteiger partial charge in [0.05, 0.1) is 11.7 Å². The number of rotatable bonds is 3. The Morgan fingerprint density at radius 1 is 1.17 bits per heavy atom. The van der Waals surface area contributed by atoms with Gasteiger partial charge in [0.25, 0.3) is 0 Å². The number of hydrogen-bond donors (Lipinski definition) is 2. The molecule has 6 nitrogen and oxygen atoms in total. The number of aryl methyl sites for hydroxylation is 2. The first-order valence-corrected chi connectivity index (χ1v) is 7.11. The van der Waals surface area contributed by atoms with E-state index in [9.17, 15) is 13.2 Å². The minimum atomic E-state index is -4.51. The molecule has 126 valence electrons. The minimum absolute atomic E-state index is 0.0805. The first-order chi connectivity index (χ1) is 11.3. The van der Waals surface area contributed by atoms with E-state index >= 15 is 0 Å². The Hall–Kier alpha value is -2.84. The molecule has 3 aromatic rings. The third-order valence-corrected chi connectivity index (χ3v) is 3.73. The Morgan fingerprint density at radius 3 is 2.58 bits per heavy atom. The summed E-state index contributed by atoms with van der Waals surface area (Å²) in [6, 6.07) is 3.69. The van der Waals surface area contributed by atoms with Gasteiger partial charge in [-0.3, -0.25) is 4.68 Å². The number of aromatic nitrogens is 4. The lowest BCUT2D eigenvalue weighted by atomic mass is 10.1. The molecular weight excluding hydrogens is 321 g/mol. The molecule has 0 unspecified atom stereocenters. The van der Waals surface area contributed by atoms with Crippen molar-refractivity contribution in [2.75, 3.05) is 17.7 Å². The van der Waals surface area contributed by atoms with Crippen LogP contribution in [0.4, 0.5) is 30.6 Å². The van der Waals surface area contributed by atoms with Gasteiger partial charge in [-0.15, -0.1) is 0 Å². The molecule has 0 spiro atoms. The van der Waals surface area contributed by atoms with Crippen molar-refractivity contribution in [2.45, 2.75) is 13.1 Å². The van der Waals surface area contributed by atoms with Crippen molar-refractivity contribution in [3.8, 4) is 0 Å². The van der Waals surface area contributed by atoms with Crippen LogP contribution in [-0.2, 0) is 13.2 Å². The Bertz CT molecular complexity index is 900. The summed E-state index contributed by atoms with van der Waals surface area (Å²) in [5.74, 6) is -0.198. The van der Waals surface area contributed by atoms with Gasteiger partial charge in [-0.1, -0.05) is 0 Å². The molecule has 0 fully saturated rings.